The zero-order valence-electron chi connectivity index (χ0n) is 14.4. The lowest BCUT2D eigenvalue weighted by molar-refractivity contribution is -0.384. The van der Waals surface area contributed by atoms with E-state index in [-0.39, 0.29) is 29.3 Å². The van der Waals surface area contributed by atoms with Crippen LogP contribution in [-0.2, 0) is 16.1 Å². The highest BCUT2D eigenvalue weighted by Gasteiger charge is 2.16. The third-order valence-corrected chi connectivity index (χ3v) is 4.56. The maximum atomic E-state index is 12.3. The van der Waals surface area contributed by atoms with E-state index in [9.17, 15) is 19.7 Å². The number of ether oxygens (including phenoxy) is 1. The average Bonchev–Trinajstić information content (AvgIpc) is 3.19. The Morgan fingerprint density at radius 1 is 1.41 bits per heavy atom. The van der Waals surface area contributed by atoms with E-state index in [1.54, 1.807) is 13.8 Å². The highest BCUT2D eigenvalue weighted by atomic mass is 32.1. The molecule has 0 fully saturated rings. The van der Waals surface area contributed by atoms with Crippen LogP contribution in [0.15, 0.2) is 33.8 Å². The molecule has 3 rings (SSSR count). The summed E-state index contributed by atoms with van der Waals surface area (Å²) in [5, 5.41) is 14.6. The molecule has 27 heavy (non-hydrogen) atoms. The Hall–Kier alpha value is -3.34. The second kappa shape index (κ2) is 7.50. The molecule has 2 heterocycles. The number of nitro benzene ring substituents is 1. The second-order valence-corrected chi connectivity index (χ2v) is 6.43. The van der Waals surface area contributed by atoms with Gasteiger partial charge in [-0.3, -0.25) is 19.7 Å². The van der Waals surface area contributed by atoms with Crippen LogP contribution in [0.1, 0.15) is 23.2 Å². The smallest absolute Gasteiger partial charge is 0.326 e. The fraction of sp³-hybridized carbons (Fsp3) is 0.250. The number of esters is 1. The lowest BCUT2D eigenvalue weighted by atomic mass is 10.3. The third kappa shape index (κ3) is 3.92. The Balaban J connectivity index is 2.13. The molecule has 0 bridgehead atoms. The summed E-state index contributed by atoms with van der Waals surface area (Å²) >= 11 is 1.05. The van der Waals surface area contributed by atoms with Crippen molar-refractivity contribution in [2.45, 2.75) is 20.4 Å². The molecule has 1 aromatic carbocycles. The van der Waals surface area contributed by atoms with E-state index in [2.05, 4.69) is 10.1 Å². The number of aromatic nitrogens is 2. The van der Waals surface area contributed by atoms with Crippen molar-refractivity contribution in [3.8, 4) is 0 Å². The van der Waals surface area contributed by atoms with E-state index in [1.165, 1.54) is 28.8 Å². The number of carbonyl (C=O) groups is 2. The highest BCUT2D eigenvalue weighted by Crippen LogP contribution is 2.23. The van der Waals surface area contributed by atoms with Crippen molar-refractivity contribution < 1.29 is 23.8 Å². The number of carbonyl (C=O) groups excluding carboxylic acids is 2. The van der Waals surface area contributed by atoms with Crippen LogP contribution in [0.25, 0.3) is 10.2 Å². The largest absolute Gasteiger partial charge is 0.465 e. The Bertz CT molecular complexity index is 1110. The van der Waals surface area contributed by atoms with Crippen LogP contribution in [0.5, 0.6) is 0 Å². The number of amides is 1. The lowest BCUT2D eigenvalue weighted by Crippen LogP contribution is -2.23. The number of hydrogen-bond acceptors (Lipinski definition) is 8. The molecule has 0 aliphatic carbocycles. The molecule has 0 unspecified atom stereocenters. The van der Waals surface area contributed by atoms with Crippen molar-refractivity contribution in [3.05, 3.63) is 50.6 Å². The van der Waals surface area contributed by atoms with Gasteiger partial charge in [-0.25, -0.2) is 0 Å². The Morgan fingerprint density at radius 3 is 2.81 bits per heavy atom. The number of hydrogen-bond donors (Lipinski definition) is 0. The summed E-state index contributed by atoms with van der Waals surface area (Å²) in [6, 6.07) is 5.64. The predicted octanol–water partition coefficient (Wildman–Crippen LogP) is 2.21. The second-order valence-electron chi connectivity index (χ2n) is 5.42. The first kappa shape index (κ1) is 18.5. The summed E-state index contributed by atoms with van der Waals surface area (Å²) in [6.45, 7) is 3.34. The number of non-ortho nitro benzene ring substituents is 1. The molecular formula is C16H14N4O6S. The van der Waals surface area contributed by atoms with Crippen LogP contribution in [0, 0.1) is 17.0 Å². The molecule has 0 radical (unpaired) electrons. The van der Waals surface area contributed by atoms with Crippen LogP contribution >= 0.6 is 11.3 Å². The summed E-state index contributed by atoms with van der Waals surface area (Å²) < 4.78 is 11.8. The molecule has 140 valence electrons. The van der Waals surface area contributed by atoms with Crippen LogP contribution in [0.3, 0.4) is 0 Å². The monoisotopic (exact) mass is 390 g/mol. The van der Waals surface area contributed by atoms with E-state index in [0.717, 1.165) is 11.3 Å². The molecule has 2 aromatic heterocycles. The molecule has 0 aliphatic rings. The number of aryl methyl sites for hydroxylation is 1. The summed E-state index contributed by atoms with van der Waals surface area (Å²) in [7, 11) is 0. The summed E-state index contributed by atoms with van der Waals surface area (Å²) in [6.07, 6.45) is 0. The number of fused-ring (bicyclic) bond motifs is 1. The van der Waals surface area contributed by atoms with E-state index >= 15 is 0 Å². The van der Waals surface area contributed by atoms with Crippen molar-refractivity contribution in [2.75, 3.05) is 6.61 Å². The van der Waals surface area contributed by atoms with E-state index in [1.807, 2.05) is 0 Å². The lowest BCUT2D eigenvalue weighted by Gasteiger charge is -2.04. The van der Waals surface area contributed by atoms with Crippen LogP contribution in [0.2, 0.25) is 0 Å². The SMILES string of the molecule is CCOC(=O)Cn1c(=NC(=O)c2cc(C)on2)sc2cc([N+](=O)[O-])ccc21. The number of nitro groups is 1. The van der Waals surface area contributed by atoms with Crippen molar-refractivity contribution in [1.29, 1.82) is 0 Å². The van der Waals surface area contributed by atoms with Gasteiger partial charge in [-0.1, -0.05) is 16.5 Å². The molecular weight excluding hydrogens is 376 g/mol. The maximum Gasteiger partial charge on any atom is 0.326 e. The standard InChI is InChI=1S/C16H14N4O6S/c1-3-25-14(21)8-19-12-5-4-10(20(23)24)7-13(12)27-16(19)17-15(22)11-6-9(2)26-18-11/h4-7H,3,8H2,1-2H3. The van der Waals surface area contributed by atoms with Gasteiger partial charge < -0.3 is 13.8 Å². The van der Waals surface area contributed by atoms with Gasteiger partial charge in [-0.05, 0) is 19.9 Å². The van der Waals surface area contributed by atoms with Crippen LogP contribution < -0.4 is 4.80 Å². The molecule has 3 aromatic rings. The molecule has 0 saturated heterocycles. The fourth-order valence-corrected chi connectivity index (χ4v) is 3.42. The molecule has 0 aliphatic heterocycles. The van der Waals surface area contributed by atoms with Crippen molar-refractivity contribution in [3.63, 3.8) is 0 Å². The third-order valence-electron chi connectivity index (χ3n) is 3.51. The zero-order valence-corrected chi connectivity index (χ0v) is 15.2. The van der Waals surface area contributed by atoms with Gasteiger partial charge in [0, 0.05) is 18.2 Å². The first-order valence-electron chi connectivity index (χ1n) is 7.85. The fourth-order valence-electron chi connectivity index (χ4n) is 2.36. The first-order valence-corrected chi connectivity index (χ1v) is 8.66. The minimum Gasteiger partial charge on any atom is -0.465 e. The average molecular weight is 390 g/mol. The van der Waals surface area contributed by atoms with Crippen LogP contribution in [0.4, 0.5) is 5.69 Å². The normalized spacial score (nSPS) is 11.7. The van der Waals surface area contributed by atoms with Gasteiger partial charge in [0.2, 0.25) is 0 Å². The topological polar surface area (TPSA) is 130 Å². The number of nitrogens with zero attached hydrogens (tertiary/aromatic N) is 4. The number of benzene rings is 1. The Kier molecular flexibility index (Phi) is 5.12. The molecule has 0 N–H and O–H groups in total. The Labute approximate surface area is 155 Å². The van der Waals surface area contributed by atoms with E-state index in [0.29, 0.717) is 16.0 Å². The summed E-state index contributed by atoms with van der Waals surface area (Å²) in [4.78, 5) is 38.9. The van der Waals surface area contributed by atoms with Gasteiger partial charge in [0.25, 0.3) is 5.69 Å². The zero-order chi connectivity index (χ0) is 19.6. The molecule has 1 amide bonds. The van der Waals surface area contributed by atoms with Crippen LogP contribution in [-0.4, -0.2) is 33.1 Å². The Morgan fingerprint density at radius 2 is 2.19 bits per heavy atom. The predicted molar refractivity (Wildman–Crippen MR) is 94.2 cm³/mol. The molecule has 0 atom stereocenters. The van der Waals surface area contributed by atoms with Gasteiger partial charge in [0.05, 0.1) is 21.7 Å². The molecule has 0 spiro atoms. The molecule has 11 heteroatoms. The van der Waals surface area contributed by atoms with Crippen molar-refractivity contribution in [2.24, 2.45) is 4.99 Å². The van der Waals surface area contributed by atoms with E-state index < -0.39 is 16.8 Å². The van der Waals surface area contributed by atoms with Gasteiger partial charge in [-0.2, -0.15) is 4.99 Å². The molecule has 10 nitrogen and oxygen atoms in total. The quantitative estimate of drug-likeness (QED) is 0.371. The van der Waals surface area contributed by atoms with Gasteiger partial charge in [0.1, 0.15) is 12.3 Å². The van der Waals surface area contributed by atoms with Crippen molar-refractivity contribution in [1.82, 2.24) is 9.72 Å². The summed E-state index contributed by atoms with van der Waals surface area (Å²) in [5.74, 6) is -0.702. The number of rotatable bonds is 5. The van der Waals surface area contributed by atoms with Gasteiger partial charge >= 0.3 is 11.9 Å². The summed E-state index contributed by atoms with van der Waals surface area (Å²) in [5.41, 5.74) is 0.456. The van der Waals surface area contributed by atoms with E-state index in [4.69, 9.17) is 9.26 Å². The first-order chi connectivity index (χ1) is 12.9. The van der Waals surface area contributed by atoms with Gasteiger partial charge in [-0.15, -0.1) is 0 Å². The van der Waals surface area contributed by atoms with Crippen molar-refractivity contribution >= 4 is 39.1 Å². The highest BCUT2D eigenvalue weighted by molar-refractivity contribution is 7.16. The minimum atomic E-state index is -0.648. The maximum absolute atomic E-state index is 12.3. The number of thiazole rings is 1. The molecule has 0 saturated carbocycles. The minimum absolute atomic E-state index is 0.0265. The van der Waals surface area contributed by atoms with Gasteiger partial charge in [0.15, 0.2) is 10.5 Å².